The predicted octanol–water partition coefficient (Wildman–Crippen LogP) is 4.53. The lowest BCUT2D eigenvalue weighted by molar-refractivity contribution is 0.511. The van der Waals surface area contributed by atoms with Gasteiger partial charge in [-0.25, -0.2) is 4.98 Å². The number of hydrogen-bond acceptors (Lipinski definition) is 4. The Morgan fingerprint density at radius 2 is 2.08 bits per heavy atom. The smallest absolute Gasteiger partial charge is 0.250 e. The SMILES string of the molecule is CC(C)Cn1cc(-c2nc(-c3ccc(N)cc3Cl)cs2)ccc1=O. The molecule has 0 saturated carbocycles. The molecule has 3 rings (SSSR count). The first kappa shape index (κ1) is 16.7. The zero-order valence-electron chi connectivity index (χ0n) is 13.5. The molecule has 2 heterocycles. The van der Waals surface area contributed by atoms with Crippen LogP contribution < -0.4 is 11.3 Å². The standard InChI is InChI=1S/C18H18ClN3OS/c1-11(2)8-22-9-12(3-6-17(22)23)18-21-16(10-24-18)14-5-4-13(20)7-15(14)19/h3-7,9-11H,8,20H2,1-2H3. The van der Waals surface area contributed by atoms with Crippen molar-refractivity contribution in [2.45, 2.75) is 20.4 Å². The Morgan fingerprint density at radius 1 is 1.29 bits per heavy atom. The fraction of sp³-hybridized carbons (Fsp3) is 0.222. The van der Waals surface area contributed by atoms with Gasteiger partial charge in [0.25, 0.3) is 5.56 Å². The van der Waals surface area contributed by atoms with Gasteiger partial charge in [-0.1, -0.05) is 25.4 Å². The van der Waals surface area contributed by atoms with E-state index in [1.807, 2.05) is 29.8 Å². The van der Waals surface area contributed by atoms with E-state index < -0.39 is 0 Å². The van der Waals surface area contributed by atoms with Gasteiger partial charge in [-0.3, -0.25) is 4.79 Å². The number of halogens is 1. The van der Waals surface area contributed by atoms with E-state index in [0.29, 0.717) is 23.2 Å². The molecule has 0 bridgehead atoms. The Kier molecular flexibility index (Phi) is 4.73. The Bertz CT molecular complexity index is 930. The van der Waals surface area contributed by atoms with Crippen molar-refractivity contribution in [3.8, 4) is 21.8 Å². The number of nitrogens with zero attached hydrogens (tertiary/aromatic N) is 2. The van der Waals surface area contributed by atoms with Crippen LogP contribution in [0.2, 0.25) is 5.02 Å². The van der Waals surface area contributed by atoms with Crippen LogP contribution in [0.1, 0.15) is 13.8 Å². The molecule has 0 aliphatic rings. The highest BCUT2D eigenvalue weighted by atomic mass is 35.5. The average Bonchev–Trinajstić information content (AvgIpc) is 2.98. The zero-order chi connectivity index (χ0) is 17.3. The largest absolute Gasteiger partial charge is 0.399 e. The lowest BCUT2D eigenvalue weighted by Gasteiger charge is -2.09. The van der Waals surface area contributed by atoms with E-state index in [9.17, 15) is 4.79 Å². The summed E-state index contributed by atoms with van der Waals surface area (Å²) in [6.45, 7) is 4.86. The van der Waals surface area contributed by atoms with Crippen LogP contribution in [0.15, 0.2) is 46.7 Å². The Labute approximate surface area is 149 Å². The highest BCUT2D eigenvalue weighted by Crippen LogP contribution is 2.33. The van der Waals surface area contributed by atoms with Crippen LogP contribution in [0.5, 0.6) is 0 Å². The highest BCUT2D eigenvalue weighted by Gasteiger charge is 2.11. The monoisotopic (exact) mass is 359 g/mol. The third kappa shape index (κ3) is 3.52. The molecule has 0 atom stereocenters. The molecule has 1 aromatic carbocycles. The molecule has 0 saturated heterocycles. The molecular formula is C18H18ClN3OS. The number of nitrogens with two attached hydrogens (primary N) is 1. The second kappa shape index (κ2) is 6.79. The summed E-state index contributed by atoms with van der Waals surface area (Å²) in [5.41, 5.74) is 8.95. The lowest BCUT2D eigenvalue weighted by Crippen LogP contribution is -2.20. The summed E-state index contributed by atoms with van der Waals surface area (Å²) in [6.07, 6.45) is 1.87. The number of thiazole rings is 1. The minimum Gasteiger partial charge on any atom is -0.399 e. The summed E-state index contributed by atoms with van der Waals surface area (Å²) in [7, 11) is 0. The van der Waals surface area contributed by atoms with Crippen LogP contribution in [-0.4, -0.2) is 9.55 Å². The summed E-state index contributed by atoms with van der Waals surface area (Å²) in [6, 6.07) is 8.80. The van der Waals surface area contributed by atoms with Crippen molar-refractivity contribution in [3.05, 3.63) is 57.3 Å². The molecule has 24 heavy (non-hydrogen) atoms. The van der Waals surface area contributed by atoms with E-state index in [-0.39, 0.29) is 5.56 Å². The van der Waals surface area contributed by atoms with Crippen molar-refractivity contribution < 1.29 is 0 Å². The van der Waals surface area contributed by atoms with Gasteiger partial charge in [-0.2, -0.15) is 0 Å². The Morgan fingerprint density at radius 3 is 2.79 bits per heavy atom. The number of aromatic nitrogens is 2. The van der Waals surface area contributed by atoms with E-state index in [0.717, 1.165) is 21.8 Å². The van der Waals surface area contributed by atoms with Gasteiger partial charge in [0.1, 0.15) is 5.01 Å². The number of benzene rings is 1. The number of hydrogen-bond donors (Lipinski definition) is 1. The quantitative estimate of drug-likeness (QED) is 0.696. The molecule has 3 aromatic rings. The van der Waals surface area contributed by atoms with E-state index in [4.69, 9.17) is 17.3 Å². The van der Waals surface area contributed by atoms with Gasteiger partial charge in [0, 0.05) is 41.0 Å². The van der Waals surface area contributed by atoms with Crippen molar-refractivity contribution in [2.75, 3.05) is 5.73 Å². The molecule has 0 radical (unpaired) electrons. The first-order valence-corrected chi connectivity index (χ1v) is 8.91. The average molecular weight is 360 g/mol. The summed E-state index contributed by atoms with van der Waals surface area (Å²) in [5.74, 6) is 0.401. The van der Waals surface area contributed by atoms with Crippen molar-refractivity contribution in [2.24, 2.45) is 5.92 Å². The van der Waals surface area contributed by atoms with Crippen LogP contribution in [0.4, 0.5) is 5.69 Å². The van der Waals surface area contributed by atoms with Gasteiger partial charge < -0.3 is 10.3 Å². The fourth-order valence-electron chi connectivity index (χ4n) is 2.46. The van der Waals surface area contributed by atoms with Gasteiger partial charge in [0.2, 0.25) is 0 Å². The van der Waals surface area contributed by atoms with Crippen molar-refractivity contribution >= 4 is 28.6 Å². The molecule has 0 amide bonds. The minimum absolute atomic E-state index is 0.00538. The van der Waals surface area contributed by atoms with Gasteiger partial charge in [-0.05, 0) is 30.2 Å². The number of nitrogen functional groups attached to an aromatic ring is 1. The van der Waals surface area contributed by atoms with Crippen molar-refractivity contribution in [1.82, 2.24) is 9.55 Å². The maximum Gasteiger partial charge on any atom is 0.250 e. The van der Waals surface area contributed by atoms with Crippen LogP contribution in [0, 0.1) is 5.92 Å². The molecule has 0 fully saturated rings. The first-order chi connectivity index (χ1) is 11.4. The molecule has 2 N–H and O–H groups in total. The highest BCUT2D eigenvalue weighted by molar-refractivity contribution is 7.13. The molecule has 0 spiro atoms. The summed E-state index contributed by atoms with van der Waals surface area (Å²) < 4.78 is 1.73. The third-order valence-electron chi connectivity index (χ3n) is 3.57. The van der Waals surface area contributed by atoms with E-state index in [2.05, 4.69) is 18.8 Å². The fourth-order valence-corrected chi connectivity index (χ4v) is 3.56. The maximum absolute atomic E-state index is 12.0. The molecule has 4 nitrogen and oxygen atoms in total. The lowest BCUT2D eigenvalue weighted by atomic mass is 10.1. The van der Waals surface area contributed by atoms with Crippen molar-refractivity contribution in [1.29, 1.82) is 0 Å². The summed E-state index contributed by atoms with van der Waals surface area (Å²) in [5, 5.41) is 3.40. The molecule has 0 aliphatic heterocycles. The minimum atomic E-state index is 0.00538. The number of pyridine rings is 1. The van der Waals surface area contributed by atoms with Crippen LogP contribution in [-0.2, 0) is 6.54 Å². The third-order valence-corrected chi connectivity index (χ3v) is 4.77. The molecular weight excluding hydrogens is 342 g/mol. The predicted molar refractivity (Wildman–Crippen MR) is 102 cm³/mol. The van der Waals surface area contributed by atoms with E-state index in [1.54, 1.807) is 16.7 Å². The molecule has 0 aliphatic carbocycles. The molecule has 0 unspecified atom stereocenters. The van der Waals surface area contributed by atoms with Gasteiger partial charge in [0.05, 0.1) is 10.7 Å². The molecule has 124 valence electrons. The second-order valence-corrected chi connectivity index (χ2v) is 7.34. The number of rotatable bonds is 4. The molecule has 6 heteroatoms. The summed E-state index contributed by atoms with van der Waals surface area (Å²) in [4.78, 5) is 16.6. The van der Waals surface area contributed by atoms with Gasteiger partial charge in [-0.15, -0.1) is 11.3 Å². The van der Waals surface area contributed by atoms with Crippen LogP contribution >= 0.6 is 22.9 Å². The van der Waals surface area contributed by atoms with E-state index >= 15 is 0 Å². The second-order valence-electron chi connectivity index (χ2n) is 6.08. The maximum atomic E-state index is 12.0. The Balaban J connectivity index is 1.97. The van der Waals surface area contributed by atoms with Gasteiger partial charge >= 0.3 is 0 Å². The molecule has 2 aromatic heterocycles. The Hall–Kier alpha value is -2.11. The summed E-state index contributed by atoms with van der Waals surface area (Å²) >= 11 is 7.79. The number of anilines is 1. The topological polar surface area (TPSA) is 60.9 Å². The normalized spacial score (nSPS) is 11.2. The zero-order valence-corrected chi connectivity index (χ0v) is 15.1. The first-order valence-electron chi connectivity index (χ1n) is 7.66. The van der Waals surface area contributed by atoms with Crippen molar-refractivity contribution in [3.63, 3.8) is 0 Å². The van der Waals surface area contributed by atoms with E-state index in [1.165, 1.54) is 11.3 Å². The van der Waals surface area contributed by atoms with Crippen LogP contribution in [0.3, 0.4) is 0 Å². The van der Waals surface area contributed by atoms with Gasteiger partial charge in [0.15, 0.2) is 0 Å². The van der Waals surface area contributed by atoms with Crippen LogP contribution in [0.25, 0.3) is 21.8 Å².